The van der Waals surface area contributed by atoms with E-state index in [0.29, 0.717) is 39.7 Å². The molecule has 0 bridgehead atoms. The molecular formula is C25H21Cl2N3O3S. The second kappa shape index (κ2) is 11.4. The molecule has 174 valence electrons. The highest BCUT2D eigenvalue weighted by atomic mass is 35.5. The Morgan fingerprint density at radius 1 is 1.06 bits per heavy atom. The summed E-state index contributed by atoms with van der Waals surface area (Å²) in [5.74, 6) is 1.09. The summed E-state index contributed by atoms with van der Waals surface area (Å²) in [6.45, 7) is 0.441. The quantitative estimate of drug-likeness (QED) is 0.307. The maximum absolute atomic E-state index is 12.3. The Labute approximate surface area is 212 Å². The summed E-state index contributed by atoms with van der Waals surface area (Å²) in [6, 6.07) is 20.6. The van der Waals surface area contributed by atoms with Gasteiger partial charge in [-0.05, 0) is 59.5 Å². The van der Waals surface area contributed by atoms with E-state index in [0.717, 1.165) is 16.7 Å². The minimum atomic E-state index is -0.356. The van der Waals surface area contributed by atoms with Gasteiger partial charge in [-0.15, -0.1) is 5.10 Å². The molecule has 34 heavy (non-hydrogen) atoms. The molecule has 1 aliphatic heterocycles. The van der Waals surface area contributed by atoms with Crippen LogP contribution in [-0.2, 0) is 17.8 Å². The van der Waals surface area contributed by atoms with Gasteiger partial charge < -0.3 is 14.8 Å². The number of hydrogen-bond acceptors (Lipinski definition) is 6. The van der Waals surface area contributed by atoms with Gasteiger partial charge in [0.1, 0.15) is 6.61 Å². The van der Waals surface area contributed by atoms with Crippen molar-refractivity contribution < 1.29 is 14.3 Å². The average molecular weight is 514 g/mol. The Morgan fingerprint density at radius 2 is 1.88 bits per heavy atom. The minimum Gasteiger partial charge on any atom is -0.493 e. The summed E-state index contributed by atoms with van der Waals surface area (Å²) < 4.78 is 11.3. The third kappa shape index (κ3) is 6.32. The van der Waals surface area contributed by atoms with Crippen LogP contribution in [0.5, 0.6) is 11.5 Å². The minimum absolute atomic E-state index is 0.142. The first-order valence-corrected chi connectivity index (χ1v) is 12.0. The lowest BCUT2D eigenvalue weighted by Gasteiger charge is -2.11. The molecule has 0 saturated carbocycles. The highest BCUT2D eigenvalue weighted by Gasteiger charge is 2.31. The molecule has 0 aliphatic carbocycles. The Kier molecular flexibility index (Phi) is 8.11. The number of methoxy groups -OCH3 is 1. The summed E-state index contributed by atoms with van der Waals surface area (Å²) in [5, 5.41) is 12.2. The van der Waals surface area contributed by atoms with Gasteiger partial charge in [-0.2, -0.15) is 5.10 Å². The summed E-state index contributed by atoms with van der Waals surface area (Å²) >= 11 is 13.6. The molecule has 3 aromatic rings. The number of thioether (sulfide) groups is 1. The molecule has 3 aromatic carbocycles. The highest BCUT2D eigenvalue weighted by Crippen LogP contribution is 2.29. The molecule has 1 aliphatic rings. The summed E-state index contributed by atoms with van der Waals surface area (Å²) in [7, 11) is 1.59. The van der Waals surface area contributed by atoms with Crippen molar-refractivity contribution in [1.29, 1.82) is 0 Å². The first-order valence-electron chi connectivity index (χ1n) is 10.4. The number of benzene rings is 3. The molecule has 1 unspecified atom stereocenters. The van der Waals surface area contributed by atoms with E-state index in [2.05, 4.69) is 15.5 Å². The van der Waals surface area contributed by atoms with Gasteiger partial charge in [0.25, 0.3) is 0 Å². The number of nitrogens with zero attached hydrogens (tertiary/aromatic N) is 2. The Morgan fingerprint density at radius 3 is 2.68 bits per heavy atom. The van der Waals surface area contributed by atoms with Crippen molar-refractivity contribution in [3.05, 3.63) is 93.5 Å². The number of amidine groups is 1. The maximum atomic E-state index is 12.3. The monoisotopic (exact) mass is 513 g/mol. The van der Waals surface area contributed by atoms with Crippen LogP contribution in [-0.4, -0.2) is 29.6 Å². The molecule has 4 rings (SSSR count). The van der Waals surface area contributed by atoms with E-state index in [1.165, 1.54) is 11.8 Å². The lowest BCUT2D eigenvalue weighted by atomic mass is 10.1. The standard InChI is InChI=1S/C25H21Cl2N3O3S/c1-32-22-11-17(7-10-21(22)33-15-16-5-3-2-4-6-16)14-28-30-25-29-24(31)23(34-25)13-18-12-19(26)8-9-20(18)27/h2-12,14,23H,13,15H2,1H3,(H,29,30,31)/b28-14+. The van der Waals surface area contributed by atoms with E-state index in [1.807, 2.05) is 48.5 Å². The van der Waals surface area contributed by atoms with Crippen molar-refractivity contribution in [3.63, 3.8) is 0 Å². The average Bonchev–Trinajstić information content (AvgIpc) is 3.19. The van der Waals surface area contributed by atoms with E-state index in [-0.39, 0.29) is 11.2 Å². The SMILES string of the molecule is COc1cc(/C=N/N=C2\NC(=O)C(Cc3cc(Cl)ccc3Cl)S2)ccc1OCc1ccccc1. The first kappa shape index (κ1) is 24.1. The van der Waals surface area contributed by atoms with Gasteiger partial charge in [-0.1, -0.05) is 65.3 Å². The van der Waals surface area contributed by atoms with Gasteiger partial charge in [-0.25, -0.2) is 0 Å². The molecular weight excluding hydrogens is 493 g/mol. The van der Waals surface area contributed by atoms with Crippen LogP contribution in [0.15, 0.2) is 76.9 Å². The fourth-order valence-corrected chi connectivity index (χ4v) is 4.59. The fraction of sp³-hybridized carbons (Fsp3) is 0.160. The number of ether oxygens (including phenoxy) is 2. The fourth-order valence-electron chi connectivity index (χ4n) is 3.25. The highest BCUT2D eigenvalue weighted by molar-refractivity contribution is 8.15. The zero-order valence-electron chi connectivity index (χ0n) is 18.2. The number of carbonyl (C=O) groups excluding carboxylic acids is 1. The van der Waals surface area contributed by atoms with Crippen molar-refractivity contribution in [1.82, 2.24) is 5.32 Å². The lowest BCUT2D eigenvalue weighted by molar-refractivity contribution is -0.118. The van der Waals surface area contributed by atoms with Gasteiger partial charge in [0, 0.05) is 10.0 Å². The van der Waals surface area contributed by atoms with E-state index >= 15 is 0 Å². The molecule has 1 N–H and O–H groups in total. The zero-order valence-corrected chi connectivity index (χ0v) is 20.5. The van der Waals surface area contributed by atoms with Crippen molar-refractivity contribution >= 4 is 52.3 Å². The molecule has 0 aromatic heterocycles. The molecule has 1 atom stereocenters. The van der Waals surface area contributed by atoms with Crippen LogP contribution >= 0.6 is 35.0 Å². The molecule has 0 spiro atoms. The van der Waals surface area contributed by atoms with Gasteiger partial charge in [0.05, 0.1) is 18.6 Å². The molecule has 1 heterocycles. The van der Waals surface area contributed by atoms with Crippen molar-refractivity contribution in [2.75, 3.05) is 7.11 Å². The molecule has 0 radical (unpaired) electrons. The Balaban J connectivity index is 1.38. The van der Waals surface area contributed by atoms with E-state index in [4.69, 9.17) is 32.7 Å². The van der Waals surface area contributed by atoms with Crippen molar-refractivity contribution in [2.24, 2.45) is 10.2 Å². The third-order valence-corrected chi connectivity index (χ3v) is 6.65. The van der Waals surface area contributed by atoms with Crippen LogP contribution < -0.4 is 14.8 Å². The normalized spacial score (nSPS) is 16.7. The van der Waals surface area contributed by atoms with E-state index in [1.54, 1.807) is 31.5 Å². The van der Waals surface area contributed by atoms with Crippen LogP contribution in [0, 0.1) is 0 Å². The second-order valence-corrected chi connectivity index (χ2v) is 9.40. The molecule has 6 nitrogen and oxygen atoms in total. The number of halogens is 2. The number of carbonyl (C=O) groups is 1. The number of hydrogen-bond donors (Lipinski definition) is 1. The first-order chi connectivity index (χ1) is 16.5. The maximum Gasteiger partial charge on any atom is 0.239 e. The van der Waals surface area contributed by atoms with Gasteiger partial charge in [0.15, 0.2) is 16.7 Å². The third-order valence-electron chi connectivity index (χ3n) is 4.97. The predicted octanol–water partition coefficient (Wildman–Crippen LogP) is 5.75. The Hall–Kier alpha value is -3.00. The largest absolute Gasteiger partial charge is 0.493 e. The predicted molar refractivity (Wildman–Crippen MR) is 138 cm³/mol. The topological polar surface area (TPSA) is 72.3 Å². The second-order valence-electron chi connectivity index (χ2n) is 7.37. The van der Waals surface area contributed by atoms with Gasteiger partial charge >= 0.3 is 0 Å². The molecule has 9 heteroatoms. The lowest BCUT2D eigenvalue weighted by Crippen LogP contribution is -2.26. The van der Waals surface area contributed by atoms with E-state index < -0.39 is 0 Å². The summed E-state index contributed by atoms with van der Waals surface area (Å²) in [4.78, 5) is 12.3. The van der Waals surface area contributed by atoms with Crippen LogP contribution in [0.3, 0.4) is 0 Å². The van der Waals surface area contributed by atoms with Gasteiger partial charge in [-0.3, -0.25) is 4.79 Å². The van der Waals surface area contributed by atoms with E-state index in [9.17, 15) is 4.79 Å². The number of amides is 1. The van der Waals surface area contributed by atoms with Crippen LogP contribution in [0.1, 0.15) is 16.7 Å². The van der Waals surface area contributed by atoms with Crippen molar-refractivity contribution in [3.8, 4) is 11.5 Å². The van der Waals surface area contributed by atoms with Gasteiger partial charge in [0.2, 0.25) is 5.91 Å². The summed E-state index contributed by atoms with van der Waals surface area (Å²) in [5.41, 5.74) is 2.66. The Bertz CT molecular complexity index is 1240. The zero-order chi connectivity index (χ0) is 23.9. The van der Waals surface area contributed by atoms with Crippen LogP contribution in [0.4, 0.5) is 0 Å². The molecule has 1 amide bonds. The number of nitrogens with one attached hydrogen (secondary N) is 1. The van der Waals surface area contributed by atoms with Crippen LogP contribution in [0.25, 0.3) is 0 Å². The smallest absolute Gasteiger partial charge is 0.239 e. The number of rotatable bonds is 8. The molecule has 1 fully saturated rings. The molecule has 1 saturated heterocycles. The van der Waals surface area contributed by atoms with Crippen molar-refractivity contribution in [2.45, 2.75) is 18.3 Å². The summed E-state index contributed by atoms with van der Waals surface area (Å²) in [6.07, 6.45) is 2.03. The van der Waals surface area contributed by atoms with Crippen LogP contribution in [0.2, 0.25) is 10.0 Å².